The van der Waals surface area contributed by atoms with Crippen LogP contribution >= 0.6 is 11.6 Å². The number of primary amides is 1. The predicted octanol–water partition coefficient (Wildman–Crippen LogP) is 1.93. The molecule has 17 heavy (non-hydrogen) atoms. The summed E-state index contributed by atoms with van der Waals surface area (Å²) >= 11 is 5.71. The molecule has 1 aromatic rings. The van der Waals surface area contributed by atoms with Gasteiger partial charge in [-0.2, -0.15) is 0 Å². The van der Waals surface area contributed by atoms with Crippen molar-refractivity contribution >= 4 is 17.5 Å². The van der Waals surface area contributed by atoms with Crippen molar-refractivity contribution in [1.29, 1.82) is 0 Å². The molecule has 1 saturated carbocycles. The van der Waals surface area contributed by atoms with Gasteiger partial charge in [-0.1, -0.05) is 23.7 Å². The highest BCUT2D eigenvalue weighted by molar-refractivity contribution is 6.30. The summed E-state index contributed by atoms with van der Waals surface area (Å²) in [5.74, 6) is -0.802. The fraction of sp³-hybridized carbons (Fsp3) is 0.417. The van der Waals surface area contributed by atoms with Gasteiger partial charge >= 0.3 is 0 Å². The van der Waals surface area contributed by atoms with Gasteiger partial charge in [-0.25, -0.2) is 4.39 Å². The number of hydrogen-bond acceptors (Lipinski definition) is 2. The van der Waals surface area contributed by atoms with Gasteiger partial charge in [0, 0.05) is 18.2 Å². The Morgan fingerprint density at radius 3 is 2.82 bits per heavy atom. The van der Waals surface area contributed by atoms with E-state index in [1.807, 2.05) is 4.90 Å². The van der Waals surface area contributed by atoms with Gasteiger partial charge in [-0.3, -0.25) is 9.69 Å². The molecule has 0 spiro atoms. The van der Waals surface area contributed by atoms with Crippen LogP contribution in [-0.4, -0.2) is 23.4 Å². The lowest BCUT2D eigenvalue weighted by atomic mass is 10.2. The maximum Gasteiger partial charge on any atom is 0.231 e. The predicted molar refractivity (Wildman–Crippen MR) is 64.0 cm³/mol. The Morgan fingerprint density at radius 2 is 2.24 bits per heavy atom. The second-order valence-corrected chi connectivity index (χ2v) is 4.72. The van der Waals surface area contributed by atoms with Crippen LogP contribution in [0.3, 0.4) is 0 Å². The number of halogens is 2. The Balaban J connectivity index is 2.11. The minimum atomic E-state index is -0.413. The molecule has 1 fully saturated rings. The number of carbonyl (C=O) groups is 1. The lowest BCUT2D eigenvalue weighted by molar-refractivity contribution is -0.119. The molecular weight excluding hydrogens is 243 g/mol. The smallest absolute Gasteiger partial charge is 0.231 e. The van der Waals surface area contributed by atoms with Gasteiger partial charge in [0.15, 0.2) is 0 Å². The molecule has 1 amide bonds. The van der Waals surface area contributed by atoms with Crippen LogP contribution in [0.1, 0.15) is 18.4 Å². The third-order valence-corrected chi connectivity index (χ3v) is 3.12. The summed E-state index contributed by atoms with van der Waals surface area (Å²) in [4.78, 5) is 12.8. The molecule has 0 aliphatic heterocycles. The number of benzene rings is 1. The molecule has 0 bridgehead atoms. The second-order valence-electron chi connectivity index (χ2n) is 4.32. The van der Waals surface area contributed by atoms with E-state index in [9.17, 15) is 9.18 Å². The number of hydrogen-bond donors (Lipinski definition) is 1. The van der Waals surface area contributed by atoms with E-state index in [0.29, 0.717) is 18.2 Å². The van der Waals surface area contributed by atoms with Crippen LogP contribution in [0, 0.1) is 5.82 Å². The van der Waals surface area contributed by atoms with Gasteiger partial charge in [0.2, 0.25) is 5.91 Å². The van der Waals surface area contributed by atoms with Crippen molar-refractivity contribution in [3.63, 3.8) is 0 Å². The molecule has 1 aliphatic rings. The molecule has 0 atom stereocenters. The summed E-state index contributed by atoms with van der Waals surface area (Å²) in [6.07, 6.45) is 2.07. The maximum atomic E-state index is 13.7. The molecule has 1 aromatic carbocycles. The average molecular weight is 257 g/mol. The first-order valence-corrected chi connectivity index (χ1v) is 5.91. The largest absolute Gasteiger partial charge is 0.369 e. The van der Waals surface area contributed by atoms with Crippen molar-refractivity contribution in [1.82, 2.24) is 4.90 Å². The SMILES string of the molecule is NC(=O)CN(Cc1cccc(Cl)c1F)C1CC1. The van der Waals surface area contributed by atoms with Crippen molar-refractivity contribution in [3.8, 4) is 0 Å². The van der Waals surface area contributed by atoms with Crippen LogP contribution in [0.2, 0.25) is 5.02 Å². The fourth-order valence-electron chi connectivity index (χ4n) is 1.84. The number of carbonyl (C=O) groups excluding carboxylic acids is 1. The summed E-state index contributed by atoms with van der Waals surface area (Å²) in [6.45, 7) is 0.538. The van der Waals surface area contributed by atoms with E-state index < -0.39 is 5.82 Å². The normalized spacial score (nSPS) is 15.2. The Morgan fingerprint density at radius 1 is 1.53 bits per heavy atom. The van der Waals surface area contributed by atoms with E-state index in [0.717, 1.165) is 12.8 Å². The van der Waals surface area contributed by atoms with Gasteiger partial charge in [-0.15, -0.1) is 0 Å². The molecule has 92 valence electrons. The van der Waals surface area contributed by atoms with Crippen LogP contribution < -0.4 is 5.73 Å². The molecule has 3 nitrogen and oxygen atoms in total. The monoisotopic (exact) mass is 256 g/mol. The van der Waals surface area contributed by atoms with Gasteiger partial charge in [0.25, 0.3) is 0 Å². The van der Waals surface area contributed by atoms with Crippen molar-refractivity contribution < 1.29 is 9.18 Å². The van der Waals surface area contributed by atoms with E-state index in [1.165, 1.54) is 6.07 Å². The molecule has 0 unspecified atom stereocenters. The first-order chi connectivity index (χ1) is 8.08. The van der Waals surface area contributed by atoms with E-state index >= 15 is 0 Å². The molecule has 5 heteroatoms. The highest BCUT2D eigenvalue weighted by Gasteiger charge is 2.30. The van der Waals surface area contributed by atoms with Crippen LogP contribution in [0.4, 0.5) is 4.39 Å². The van der Waals surface area contributed by atoms with Crippen molar-refractivity contribution in [3.05, 3.63) is 34.6 Å². The lowest BCUT2D eigenvalue weighted by Crippen LogP contribution is -2.35. The van der Waals surface area contributed by atoms with Crippen molar-refractivity contribution in [2.24, 2.45) is 5.73 Å². The Labute approximate surface area is 104 Å². The Hall–Kier alpha value is -1.13. The molecule has 0 radical (unpaired) electrons. The van der Waals surface area contributed by atoms with E-state index in [1.54, 1.807) is 12.1 Å². The topological polar surface area (TPSA) is 46.3 Å². The molecule has 0 saturated heterocycles. The first kappa shape index (κ1) is 12.3. The first-order valence-electron chi connectivity index (χ1n) is 5.53. The molecule has 0 aromatic heterocycles. The van der Waals surface area contributed by atoms with Crippen molar-refractivity contribution in [2.75, 3.05) is 6.54 Å². The standard InChI is InChI=1S/C12H14ClFN2O/c13-10-3-1-2-8(12(10)14)6-16(7-11(15)17)9-4-5-9/h1-3,9H,4-7H2,(H2,15,17). The molecule has 1 aliphatic carbocycles. The maximum absolute atomic E-state index is 13.7. The second kappa shape index (κ2) is 5.02. The zero-order valence-corrected chi connectivity index (χ0v) is 10.1. The fourth-order valence-corrected chi connectivity index (χ4v) is 2.04. The van der Waals surface area contributed by atoms with Gasteiger partial charge in [-0.05, 0) is 18.9 Å². The summed E-state index contributed by atoms with van der Waals surface area (Å²) in [5, 5.41) is 0.109. The average Bonchev–Trinajstić information content (AvgIpc) is 3.06. The third-order valence-electron chi connectivity index (χ3n) is 2.83. The summed E-state index contributed by atoms with van der Waals surface area (Å²) in [7, 11) is 0. The quantitative estimate of drug-likeness (QED) is 0.875. The van der Waals surface area contributed by atoms with E-state index in [-0.39, 0.29) is 17.5 Å². The van der Waals surface area contributed by atoms with Crippen LogP contribution in [0.5, 0.6) is 0 Å². The Kier molecular flexibility index (Phi) is 3.64. The number of amides is 1. The molecule has 2 rings (SSSR count). The zero-order chi connectivity index (χ0) is 12.4. The van der Waals surface area contributed by atoms with Crippen molar-refractivity contribution in [2.45, 2.75) is 25.4 Å². The highest BCUT2D eigenvalue weighted by Crippen LogP contribution is 2.29. The number of nitrogens with zero attached hydrogens (tertiary/aromatic N) is 1. The highest BCUT2D eigenvalue weighted by atomic mass is 35.5. The van der Waals surface area contributed by atoms with Gasteiger partial charge < -0.3 is 5.73 Å². The zero-order valence-electron chi connectivity index (χ0n) is 9.33. The number of rotatable bonds is 5. The molecular formula is C12H14ClFN2O. The Bertz CT molecular complexity index is 435. The van der Waals surface area contributed by atoms with Gasteiger partial charge in [0.1, 0.15) is 5.82 Å². The molecule has 2 N–H and O–H groups in total. The van der Waals surface area contributed by atoms with Crippen LogP contribution in [0.25, 0.3) is 0 Å². The summed E-state index contributed by atoms with van der Waals surface area (Å²) < 4.78 is 13.7. The minimum Gasteiger partial charge on any atom is -0.369 e. The van der Waals surface area contributed by atoms with Crippen LogP contribution in [-0.2, 0) is 11.3 Å². The van der Waals surface area contributed by atoms with E-state index in [2.05, 4.69) is 0 Å². The molecule has 0 heterocycles. The van der Waals surface area contributed by atoms with Gasteiger partial charge in [0.05, 0.1) is 11.6 Å². The number of nitrogens with two attached hydrogens (primary N) is 1. The third kappa shape index (κ3) is 3.17. The minimum absolute atomic E-state index is 0.109. The van der Waals surface area contributed by atoms with E-state index in [4.69, 9.17) is 17.3 Å². The van der Waals surface area contributed by atoms with Crippen LogP contribution in [0.15, 0.2) is 18.2 Å². The summed E-state index contributed by atoms with van der Waals surface area (Å²) in [5.41, 5.74) is 5.69. The lowest BCUT2D eigenvalue weighted by Gasteiger charge is -2.20. The summed E-state index contributed by atoms with van der Waals surface area (Å²) in [6, 6.07) is 5.24.